The summed E-state index contributed by atoms with van der Waals surface area (Å²) < 4.78 is 28.4. The monoisotopic (exact) mass is 449 g/mol. The number of amides is 1. The summed E-state index contributed by atoms with van der Waals surface area (Å²) in [5.41, 5.74) is 3.66. The summed E-state index contributed by atoms with van der Waals surface area (Å²) in [5.74, 6) is 0.696. The van der Waals surface area contributed by atoms with E-state index in [4.69, 9.17) is 0 Å². The molecule has 6 nitrogen and oxygen atoms in total. The van der Waals surface area contributed by atoms with Gasteiger partial charge in [-0.25, -0.2) is 8.42 Å². The van der Waals surface area contributed by atoms with Gasteiger partial charge in [0.2, 0.25) is 15.9 Å². The number of rotatable bonds is 6. The van der Waals surface area contributed by atoms with E-state index in [0.29, 0.717) is 36.7 Å². The van der Waals surface area contributed by atoms with Gasteiger partial charge in [-0.2, -0.15) is 4.31 Å². The molecule has 1 aromatic rings. The van der Waals surface area contributed by atoms with Crippen molar-refractivity contribution in [2.45, 2.75) is 64.7 Å². The van der Waals surface area contributed by atoms with Gasteiger partial charge in [-0.05, 0) is 108 Å². The number of likely N-dealkylation sites (tertiary alicyclic amines) is 1. The zero-order chi connectivity index (χ0) is 22.8. The first kappa shape index (κ1) is 24.2. The van der Waals surface area contributed by atoms with Crippen molar-refractivity contribution in [2.75, 3.05) is 39.8 Å². The maximum Gasteiger partial charge on any atom is 0.243 e. The van der Waals surface area contributed by atoms with Crippen LogP contribution in [0.2, 0.25) is 0 Å². The average molecular weight is 450 g/mol. The molecule has 1 amide bonds. The summed E-state index contributed by atoms with van der Waals surface area (Å²) in [4.78, 5) is 15.4. The number of sulfonamides is 1. The normalized spacial score (nSPS) is 20.2. The minimum Gasteiger partial charge on any atom is -0.356 e. The van der Waals surface area contributed by atoms with Crippen LogP contribution in [0.1, 0.15) is 54.4 Å². The highest BCUT2D eigenvalue weighted by atomic mass is 32.2. The van der Waals surface area contributed by atoms with Gasteiger partial charge in [-0.1, -0.05) is 6.07 Å². The fourth-order valence-electron chi connectivity index (χ4n) is 4.95. The van der Waals surface area contributed by atoms with Crippen LogP contribution < -0.4 is 5.32 Å². The minimum atomic E-state index is -3.56. The van der Waals surface area contributed by atoms with Crippen molar-refractivity contribution < 1.29 is 13.2 Å². The molecule has 0 unspecified atom stereocenters. The van der Waals surface area contributed by atoms with E-state index in [2.05, 4.69) is 17.3 Å². The second-order valence-electron chi connectivity index (χ2n) is 9.59. The van der Waals surface area contributed by atoms with Gasteiger partial charge < -0.3 is 10.2 Å². The Morgan fingerprint density at radius 3 is 2.06 bits per heavy atom. The highest BCUT2D eigenvalue weighted by Crippen LogP contribution is 2.31. The molecule has 2 fully saturated rings. The fraction of sp³-hybridized carbons (Fsp3) is 0.708. The summed E-state index contributed by atoms with van der Waals surface area (Å²) in [7, 11) is -1.40. The lowest BCUT2D eigenvalue weighted by molar-refractivity contribution is -0.126. The molecular formula is C24H39N3O3S. The van der Waals surface area contributed by atoms with E-state index in [1.54, 1.807) is 4.31 Å². The van der Waals surface area contributed by atoms with Gasteiger partial charge >= 0.3 is 0 Å². The second kappa shape index (κ2) is 10.0. The minimum absolute atomic E-state index is 0.0868. The molecule has 2 aliphatic heterocycles. The van der Waals surface area contributed by atoms with Crippen LogP contribution in [0.5, 0.6) is 0 Å². The van der Waals surface area contributed by atoms with E-state index in [9.17, 15) is 13.2 Å². The predicted molar refractivity (Wildman–Crippen MR) is 125 cm³/mol. The van der Waals surface area contributed by atoms with Crippen LogP contribution in [0.15, 0.2) is 11.0 Å². The smallest absolute Gasteiger partial charge is 0.243 e. The number of nitrogens with one attached hydrogen (secondary N) is 1. The van der Waals surface area contributed by atoms with Crippen LogP contribution >= 0.6 is 0 Å². The molecule has 0 saturated carbocycles. The Morgan fingerprint density at radius 1 is 0.968 bits per heavy atom. The molecule has 7 heteroatoms. The number of piperidine rings is 2. The van der Waals surface area contributed by atoms with Crippen LogP contribution in [0.25, 0.3) is 0 Å². The standard InChI is InChI=1S/C24H39N3O3S/c1-17-16-18(2)20(4)23(19(17)3)31(29,30)27-14-9-22(10-15-27)24(28)25-11-6-21-7-12-26(5)13-8-21/h16,21-22H,6-15H2,1-5H3,(H,25,28). The number of benzene rings is 1. The highest BCUT2D eigenvalue weighted by molar-refractivity contribution is 7.89. The first-order valence-electron chi connectivity index (χ1n) is 11.6. The molecule has 0 atom stereocenters. The zero-order valence-electron chi connectivity index (χ0n) is 19.8. The lowest BCUT2D eigenvalue weighted by Crippen LogP contribution is -2.43. The fourth-order valence-corrected chi connectivity index (χ4v) is 7.00. The number of hydrogen-bond acceptors (Lipinski definition) is 4. The summed E-state index contributed by atoms with van der Waals surface area (Å²) >= 11 is 0. The van der Waals surface area contributed by atoms with Gasteiger partial charge in [0, 0.05) is 25.6 Å². The van der Waals surface area contributed by atoms with Crippen molar-refractivity contribution in [3.8, 4) is 0 Å². The molecule has 3 rings (SSSR count). The van der Waals surface area contributed by atoms with Crippen molar-refractivity contribution in [3.05, 3.63) is 28.3 Å². The van der Waals surface area contributed by atoms with Gasteiger partial charge in [0.1, 0.15) is 0 Å². The maximum atomic E-state index is 13.4. The number of carbonyl (C=O) groups is 1. The third kappa shape index (κ3) is 5.49. The number of hydrogen-bond donors (Lipinski definition) is 1. The lowest BCUT2D eigenvalue weighted by atomic mass is 9.93. The molecule has 0 spiro atoms. The van der Waals surface area contributed by atoms with Crippen LogP contribution in [-0.4, -0.2) is 63.3 Å². The van der Waals surface area contributed by atoms with E-state index in [-0.39, 0.29) is 11.8 Å². The SMILES string of the molecule is Cc1cc(C)c(C)c(S(=O)(=O)N2CCC(C(=O)NCCC3CCN(C)CC3)CC2)c1C. The van der Waals surface area contributed by atoms with Gasteiger partial charge in [-0.3, -0.25) is 4.79 Å². The largest absolute Gasteiger partial charge is 0.356 e. The molecule has 0 aromatic heterocycles. The third-order valence-corrected chi connectivity index (χ3v) is 9.58. The van der Waals surface area contributed by atoms with Gasteiger partial charge in [0.05, 0.1) is 4.90 Å². The maximum absolute atomic E-state index is 13.4. The van der Waals surface area contributed by atoms with Crippen LogP contribution in [0, 0.1) is 39.5 Å². The molecule has 0 bridgehead atoms. The first-order chi connectivity index (χ1) is 14.6. The van der Waals surface area contributed by atoms with Crippen LogP contribution in [0.4, 0.5) is 0 Å². The van der Waals surface area contributed by atoms with Gasteiger partial charge in [0.15, 0.2) is 0 Å². The summed E-state index contributed by atoms with van der Waals surface area (Å²) in [6.07, 6.45) is 4.63. The number of aryl methyl sites for hydroxylation is 2. The van der Waals surface area contributed by atoms with E-state index in [1.807, 2.05) is 33.8 Å². The topological polar surface area (TPSA) is 69.7 Å². The lowest BCUT2D eigenvalue weighted by Gasteiger charge is -2.32. The highest BCUT2D eigenvalue weighted by Gasteiger charge is 2.34. The molecule has 0 radical (unpaired) electrons. The van der Waals surface area contributed by atoms with Gasteiger partial charge in [-0.15, -0.1) is 0 Å². The molecule has 31 heavy (non-hydrogen) atoms. The van der Waals surface area contributed by atoms with E-state index >= 15 is 0 Å². The van der Waals surface area contributed by atoms with Crippen LogP contribution in [-0.2, 0) is 14.8 Å². The summed E-state index contributed by atoms with van der Waals surface area (Å²) in [6, 6.07) is 2.05. The molecule has 174 valence electrons. The molecule has 1 aromatic carbocycles. The van der Waals surface area contributed by atoms with E-state index in [1.165, 1.54) is 12.8 Å². The first-order valence-corrected chi connectivity index (χ1v) is 13.1. The Hall–Kier alpha value is -1.44. The van der Waals surface area contributed by atoms with E-state index < -0.39 is 10.0 Å². The van der Waals surface area contributed by atoms with Crippen molar-refractivity contribution in [1.29, 1.82) is 0 Å². The Kier molecular flexibility index (Phi) is 7.81. The Labute approximate surface area is 188 Å². The zero-order valence-corrected chi connectivity index (χ0v) is 20.6. The van der Waals surface area contributed by atoms with Crippen molar-refractivity contribution in [1.82, 2.24) is 14.5 Å². The van der Waals surface area contributed by atoms with E-state index in [0.717, 1.165) is 48.3 Å². The summed E-state index contributed by atoms with van der Waals surface area (Å²) in [5, 5.41) is 3.11. The molecule has 2 heterocycles. The Bertz CT molecular complexity index is 871. The van der Waals surface area contributed by atoms with Crippen molar-refractivity contribution in [3.63, 3.8) is 0 Å². The molecule has 1 N–H and O–H groups in total. The number of nitrogens with zero attached hydrogens (tertiary/aromatic N) is 2. The van der Waals surface area contributed by atoms with Gasteiger partial charge in [0.25, 0.3) is 0 Å². The Balaban J connectivity index is 1.54. The van der Waals surface area contributed by atoms with Crippen molar-refractivity contribution in [2.24, 2.45) is 11.8 Å². The second-order valence-corrected chi connectivity index (χ2v) is 11.5. The van der Waals surface area contributed by atoms with Crippen LogP contribution in [0.3, 0.4) is 0 Å². The molecule has 2 aliphatic rings. The predicted octanol–water partition coefficient (Wildman–Crippen LogP) is 3.17. The van der Waals surface area contributed by atoms with Crippen molar-refractivity contribution >= 4 is 15.9 Å². The average Bonchev–Trinajstić information content (AvgIpc) is 2.74. The molecule has 2 saturated heterocycles. The molecule has 0 aliphatic carbocycles. The molecular weight excluding hydrogens is 410 g/mol. The summed E-state index contributed by atoms with van der Waals surface area (Å²) in [6.45, 7) is 11.5. The Morgan fingerprint density at radius 2 is 1.52 bits per heavy atom. The number of carbonyl (C=O) groups excluding carboxylic acids is 1. The quantitative estimate of drug-likeness (QED) is 0.724. The third-order valence-electron chi connectivity index (χ3n) is 7.41.